The Balaban J connectivity index is 1.61. The second kappa shape index (κ2) is 9.41. The summed E-state index contributed by atoms with van der Waals surface area (Å²) in [7, 11) is 9.39. The molecule has 0 bridgehead atoms. The van der Waals surface area contributed by atoms with Gasteiger partial charge < -0.3 is 52.5 Å². The van der Waals surface area contributed by atoms with E-state index >= 15 is 0 Å². The largest absolute Gasteiger partial charge is 0.472 e. The molecule has 1 N–H and O–H groups in total. The van der Waals surface area contributed by atoms with Gasteiger partial charge in [0.2, 0.25) is 6.29 Å². The van der Waals surface area contributed by atoms with Crippen LogP contribution in [0.2, 0.25) is 0 Å². The van der Waals surface area contributed by atoms with Crippen LogP contribution in [0.3, 0.4) is 0 Å². The number of methoxy groups -OCH3 is 6. The van der Waals surface area contributed by atoms with Gasteiger partial charge in [-0.1, -0.05) is 0 Å². The van der Waals surface area contributed by atoms with Crippen molar-refractivity contribution >= 4 is 0 Å². The van der Waals surface area contributed by atoms with Gasteiger partial charge in [-0.05, 0) is 6.08 Å². The lowest BCUT2D eigenvalue weighted by Crippen LogP contribution is -2.63. The second-order valence-electron chi connectivity index (χ2n) is 8.49. The van der Waals surface area contributed by atoms with Crippen molar-refractivity contribution in [3.63, 3.8) is 0 Å². The highest BCUT2D eigenvalue weighted by Gasteiger charge is 2.82. The topological polar surface area (TPSA) is 116 Å². The SMILES string of the molecule is COC[C@H]1O[C@@H](O[C@@H]2OC=C[C@@]3(O)[C@H](OC)[C@@H]4O[C@]4(COC)[C@@H]23)[C@H](OC)[C@@H](OC)[C@@H]1OC. The predicted molar refractivity (Wildman–Crippen MR) is 107 cm³/mol. The Kier molecular flexibility index (Phi) is 7.14. The first kappa shape index (κ1) is 24.3. The van der Waals surface area contributed by atoms with Crippen LogP contribution in [-0.4, -0.2) is 121 Å². The zero-order valence-electron chi connectivity index (χ0n) is 19.3. The quantitative estimate of drug-likeness (QED) is 0.422. The van der Waals surface area contributed by atoms with Gasteiger partial charge in [-0.3, -0.25) is 0 Å². The van der Waals surface area contributed by atoms with Crippen molar-refractivity contribution in [3.8, 4) is 0 Å². The standard InChI is InChI=1S/C21H34O11/c1-23-9-11-12(25-3)13(26-4)14(27-5)18(30-11)31-19-15-20(22,7-8-29-19)16(28-6)17-21(15,32-17)10-24-2/h7-8,11-19,22H,9-10H2,1-6H3/t11-,12-,13+,14-,15+,16-,17+,18+,19+,20+,21-/m1/s1. The highest BCUT2D eigenvalue weighted by atomic mass is 16.8. The number of epoxide rings is 1. The lowest BCUT2D eigenvalue weighted by atomic mass is 9.81. The summed E-state index contributed by atoms with van der Waals surface area (Å²) in [5.74, 6) is -0.627. The van der Waals surface area contributed by atoms with E-state index in [0.29, 0.717) is 0 Å². The van der Waals surface area contributed by atoms with E-state index in [1.807, 2.05) is 0 Å². The summed E-state index contributed by atoms with van der Waals surface area (Å²) in [6.07, 6.45) is -1.79. The summed E-state index contributed by atoms with van der Waals surface area (Å²) in [6.45, 7) is 0.511. The van der Waals surface area contributed by atoms with Gasteiger partial charge in [0, 0.05) is 42.7 Å². The summed E-state index contributed by atoms with van der Waals surface area (Å²) in [5.41, 5.74) is -2.17. The molecule has 4 rings (SSSR count). The number of aliphatic hydroxyl groups is 1. The Labute approximate surface area is 187 Å². The van der Waals surface area contributed by atoms with E-state index in [0.717, 1.165) is 0 Å². The Hall–Kier alpha value is -0.860. The minimum atomic E-state index is -1.36. The maximum Gasteiger partial charge on any atom is 0.210 e. The highest BCUT2D eigenvalue weighted by Crippen LogP contribution is 2.62. The molecule has 2 saturated heterocycles. The zero-order valence-corrected chi connectivity index (χ0v) is 19.3. The predicted octanol–water partition coefficient (Wildman–Crippen LogP) is -0.551. The monoisotopic (exact) mass is 462 g/mol. The lowest BCUT2D eigenvalue weighted by molar-refractivity contribution is -0.357. The molecule has 0 radical (unpaired) electrons. The summed E-state index contributed by atoms with van der Waals surface area (Å²) in [6, 6.07) is 0. The van der Waals surface area contributed by atoms with Crippen molar-refractivity contribution in [2.24, 2.45) is 5.92 Å². The van der Waals surface area contributed by atoms with E-state index in [2.05, 4.69) is 0 Å². The molecule has 0 amide bonds. The molecule has 0 aromatic carbocycles. The van der Waals surface area contributed by atoms with Gasteiger partial charge in [-0.25, -0.2) is 0 Å². The van der Waals surface area contributed by atoms with Gasteiger partial charge in [-0.15, -0.1) is 0 Å². The minimum absolute atomic E-state index is 0.250. The molecule has 0 aromatic rings. The molecule has 3 fully saturated rings. The first-order valence-electron chi connectivity index (χ1n) is 10.6. The van der Waals surface area contributed by atoms with Crippen molar-refractivity contribution in [1.82, 2.24) is 0 Å². The Morgan fingerprint density at radius 2 is 1.59 bits per heavy atom. The molecule has 4 aliphatic rings. The molecule has 1 aliphatic carbocycles. The van der Waals surface area contributed by atoms with Gasteiger partial charge in [0.1, 0.15) is 47.8 Å². The molecule has 1 saturated carbocycles. The van der Waals surface area contributed by atoms with E-state index < -0.39 is 60.2 Å². The molecule has 3 aliphatic heterocycles. The van der Waals surface area contributed by atoms with Crippen LogP contribution in [0.1, 0.15) is 0 Å². The van der Waals surface area contributed by atoms with Gasteiger partial charge in [0.15, 0.2) is 6.29 Å². The fourth-order valence-electron chi connectivity index (χ4n) is 5.61. The Morgan fingerprint density at radius 3 is 2.19 bits per heavy atom. The third kappa shape index (κ3) is 3.59. The lowest BCUT2D eigenvalue weighted by Gasteiger charge is -2.47. The average Bonchev–Trinajstić information content (AvgIpc) is 3.42. The summed E-state index contributed by atoms with van der Waals surface area (Å²) in [4.78, 5) is 0. The maximum atomic E-state index is 11.6. The van der Waals surface area contributed by atoms with Gasteiger partial charge >= 0.3 is 0 Å². The van der Waals surface area contributed by atoms with E-state index in [1.165, 1.54) is 13.4 Å². The van der Waals surface area contributed by atoms with Crippen molar-refractivity contribution in [1.29, 1.82) is 0 Å². The normalized spacial score (nSPS) is 49.4. The second-order valence-corrected chi connectivity index (χ2v) is 8.49. The van der Waals surface area contributed by atoms with Crippen LogP contribution in [0.4, 0.5) is 0 Å². The van der Waals surface area contributed by atoms with Crippen LogP contribution in [0, 0.1) is 5.92 Å². The van der Waals surface area contributed by atoms with E-state index in [-0.39, 0.29) is 19.3 Å². The molecular weight excluding hydrogens is 428 g/mol. The number of hydrogen-bond acceptors (Lipinski definition) is 11. The third-order valence-electron chi connectivity index (χ3n) is 6.98. The number of rotatable bonds is 10. The fraction of sp³-hybridized carbons (Fsp3) is 0.905. The first-order chi connectivity index (χ1) is 15.4. The third-order valence-corrected chi connectivity index (χ3v) is 6.98. The summed E-state index contributed by atoms with van der Waals surface area (Å²) in [5, 5.41) is 11.6. The van der Waals surface area contributed by atoms with Gasteiger partial charge in [0.05, 0.1) is 25.4 Å². The molecule has 184 valence electrons. The number of hydrogen-bond donors (Lipinski definition) is 1. The highest BCUT2D eigenvalue weighted by molar-refractivity contribution is 5.33. The van der Waals surface area contributed by atoms with Crippen LogP contribution in [0.5, 0.6) is 0 Å². The van der Waals surface area contributed by atoms with Crippen molar-refractivity contribution in [2.75, 3.05) is 55.9 Å². The Bertz CT molecular complexity index is 676. The van der Waals surface area contributed by atoms with Crippen LogP contribution in [0.25, 0.3) is 0 Å². The maximum absolute atomic E-state index is 11.6. The van der Waals surface area contributed by atoms with E-state index in [4.69, 9.17) is 47.4 Å². The van der Waals surface area contributed by atoms with E-state index in [1.54, 1.807) is 41.6 Å². The van der Waals surface area contributed by atoms with Crippen LogP contribution in [-0.2, 0) is 47.4 Å². The molecule has 32 heavy (non-hydrogen) atoms. The van der Waals surface area contributed by atoms with Crippen LogP contribution < -0.4 is 0 Å². The summed E-state index contributed by atoms with van der Waals surface area (Å²) < 4.78 is 57.6. The van der Waals surface area contributed by atoms with Crippen molar-refractivity contribution < 1.29 is 52.5 Å². The smallest absolute Gasteiger partial charge is 0.210 e. The zero-order chi connectivity index (χ0) is 23.1. The average molecular weight is 462 g/mol. The molecule has 11 nitrogen and oxygen atoms in total. The van der Waals surface area contributed by atoms with Gasteiger partial charge in [-0.2, -0.15) is 0 Å². The molecular formula is C21H34O11. The molecule has 11 atom stereocenters. The fourth-order valence-corrected chi connectivity index (χ4v) is 5.61. The molecule has 3 heterocycles. The summed E-state index contributed by atoms with van der Waals surface area (Å²) >= 11 is 0. The Morgan fingerprint density at radius 1 is 0.875 bits per heavy atom. The van der Waals surface area contributed by atoms with Crippen molar-refractivity contribution in [3.05, 3.63) is 12.3 Å². The molecule has 0 spiro atoms. The molecule has 0 aromatic heterocycles. The van der Waals surface area contributed by atoms with Crippen LogP contribution in [0.15, 0.2) is 12.3 Å². The number of ether oxygens (including phenoxy) is 10. The molecule has 11 heteroatoms. The van der Waals surface area contributed by atoms with Crippen molar-refractivity contribution in [2.45, 2.75) is 60.4 Å². The van der Waals surface area contributed by atoms with E-state index in [9.17, 15) is 5.11 Å². The van der Waals surface area contributed by atoms with Gasteiger partial charge in [0.25, 0.3) is 0 Å². The minimum Gasteiger partial charge on any atom is -0.472 e. The number of fused-ring (bicyclic) bond motifs is 3. The van der Waals surface area contributed by atoms with Crippen LogP contribution >= 0.6 is 0 Å². The molecule has 0 unspecified atom stereocenters. The first-order valence-corrected chi connectivity index (χ1v) is 10.6.